The normalized spacial score (nSPS) is 17.9. The number of hydrogen-bond acceptors (Lipinski definition) is 7. The van der Waals surface area contributed by atoms with Gasteiger partial charge in [0.1, 0.15) is 18.1 Å². The molecule has 1 fully saturated rings. The molecule has 0 heterocycles. The number of carboxylic acid groups (broad SMARTS) is 3. The van der Waals surface area contributed by atoms with E-state index < -0.39 is 48.5 Å². The molecule has 1 aliphatic rings. The first-order valence-electron chi connectivity index (χ1n) is 16.0. The first-order valence-corrected chi connectivity index (χ1v) is 16.0. The largest absolute Gasteiger partial charge is 0.481 e. The molecule has 4 amide bonds. The molecule has 3 rings (SSSR count). The van der Waals surface area contributed by atoms with Crippen molar-refractivity contribution in [1.29, 1.82) is 0 Å². The van der Waals surface area contributed by atoms with E-state index in [1.54, 1.807) is 0 Å². The molecule has 0 bridgehead atoms. The van der Waals surface area contributed by atoms with Crippen LogP contribution in [0.15, 0.2) is 42.5 Å². The summed E-state index contributed by atoms with van der Waals surface area (Å²) in [4.78, 5) is 72.5. The molecule has 9 N–H and O–H groups in total. The number of aliphatic carboxylic acids is 3. The standard InChI is InChI=1S/C33H45N5O9/c34-19-20-8-12-23(13-9-20)29(41)36-27(18-21-10-11-22-5-1-2-6-24(22)17-21)30(42)35-16-4-3-7-25(31(43)44)37-33(47)38-26(32(45)46)14-15-28(39)40/h1-2,5-6,10-11,17,20,23,25-27H,3-4,7-9,12-16,18-19,34H2,(H,35,42)(H,36,41)(H,39,40)(H,43,44)(H,45,46)(H2,37,38,47)/t20?,23?,25-,26-,27-/m0/s1. The lowest BCUT2D eigenvalue weighted by atomic mass is 9.81. The quantitative estimate of drug-likeness (QED) is 0.109. The molecule has 47 heavy (non-hydrogen) atoms. The number of carbonyl (C=O) groups excluding carboxylic acids is 3. The minimum absolute atomic E-state index is 0.00574. The molecule has 0 saturated heterocycles. The van der Waals surface area contributed by atoms with Crippen LogP contribution in [0.2, 0.25) is 0 Å². The Morgan fingerprint density at radius 3 is 2.02 bits per heavy atom. The van der Waals surface area contributed by atoms with Crippen molar-refractivity contribution >= 4 is 46.5 Å². The fourth-order valence-corrected chi connectivity index (χ4v) is 5.71. The first-order chi connectivity index (χ1) is 22.5. The minimum Gasteiger partial charge on any atom is -0.481 e. The van der Waals surface area contributed by atoms with Crippen molar-refractivity contribution in [2.75, 3.05) is 13.1 Å². The molecule has 0 aliphatic heterocycles. The summed E-state index contributed by atoms with van der Waals surface area (Å²) in [7, 11) is 0. The minimum atomic E-state index is -1.50. The topological polar surface area (TPSA) is 237 Å². The van der Waals surface area contributed by atoms with E-state index in [-0.39, 0.29) is 43.5 Å². The second-order valence-corrected chi connectivity index (χ2v) is 12.0. The average Bonchev–Trinajstić information content (AvgIpc) is 3.05. The summed E-state index contributed by atoms with van der Waals surface area (Å²) >= 11 is 0. The van der Waals surface area contributed by atoms with Gasteiger partial charge in [-0.15, -0.1) is 0 Å². The van der Waals surface area contributed by atoms with Gasteiger partial charge in [-0.05, 0) is 80.2 Å². The van der Waals surface area contributed by atoms with E-state index in [1.165, 1.54) is 0 Å². The van der Waals surface area contributed by atoms with Crippen LogP contribution in [0.4, 0.5) is 4.79 Å². The van der Waals surface area contributed by atoms with Crippen molar-refractivity contribution in [2.45, 2.75) is 82.3 Å². The Morgan fingerprint density at radius 1 is 0.766 bits per heavy atom. The fourth-order valence-electron chi connectivity index (χ4n) is 5.71. The number of carbonyl (C=O) groups is 6. The number of nitrogens with one attached hydrogen (secondary N) is 4. The maximum atomic E-state index is 13.3. The van der Waals surface area contributed by atoms with E-state index in [0.717, 1.165) is 29.2 Å². The van der Waals surface area contributed by atoms with Crippen molar-refractivity contribution in [2.24, 2.45) is 17.6 Å². The summed E-state index contributed by atoms with van der Waals surface area (Å²) in [5.74, 6) is -4.32. The molecule has 3 atom stereocenters. The number of hydrogen-bond donors (Lipinski definition) is 8. The molecular weight excluding hydrogens is 610 g/mol. The summed E-state index contributed by atoms with van der Waals surface area (Å²) in [6.07, 6.45) is 3.26. The Labute approximate surface area is 272 Å². The summed E-state index contributed by atoms with van der Waals surface area (Å²) in [6.45, 7) is 0.789. The summed E-state index contributed by atoms with van der Waals surface area (Å²) < 4.78 is 0. The van der Waals surface area contributed by atoms with Crippen molar-refractivity contribution in [3.8, 4) is 0 Å². The highest BCUT2D eigenvalue weighted by Gasteiger charge is 2.29. The summed E-state index contributed by atoms with van der Waals surface area (Å²) in [6, 6.07) is 9.04. The van der Waals surface area contributed by atoms with Crippen LogP contribution in [0.5, 0.6) is 0 Å². The Morgan fingerprint density at radius 2 is 1.40 bits per heavy atom. The highest BCUT2D eigenvalue weighted by atomic mass is 16.4. The number of fused-ring (bicyclic) bond motifs is 1. The molecule has 256 valence electrons. The second-order valence-electron chi connectivity index (χ2n) is 12.0. The Hall–Kier alpha value is -4.72. The van der Waals surface area contributed by atoms with Crippen LogP contribution >= 0.6 is 0 Å². The Bertz CT molecular complexity index is 1410. The number of rotatable bonds is 18. The van der Waals surface area contributed by atoms with Gasteiger partial charge in [-0.2, -0.15) is 0 Å². The highest BCUT2D eigenvalue weighted by molar-refractivity contribution is 5.89. The van der Waals surface area contributed by atoms with E-state index >= 15 is 0 Å². The third kappa shape index (κ3) is 12.2. The predicted molar refractivity (Wildman–Crippen MR) is 172 cm³/mol. The van der Waals surface area contributed by atoms with E-state index in [4.69, 9.17) is 10.8 Å². The molecule has 2 aromatic rings. The van der Waals surface area contributed by atoms with Crippen molar-refractivity contribution < 1.29 is 44.1 Å². The van der Waals surface area contributed by atoms with Crippen LogP contribution in [-0.2, 0) is 30.4 Å². The SMILES string of the molecule is NCC1CCC(C(=O)N[C@@H](Cc2ccc3ccccc3c2)C(=O)NCCCC[C@H](NC(=O)N[C@@H](CCC(=O)O)C(=O)O)C(=O)O)CC1. The van der Waals surface area contributed by atoms with Gasteiger partial charge in [0.15, 0.2) is 0 Å². The summed E-state index contributed by atoms with van der Waals surface area (Å²) in [5.41, 5.74) is 6.68. The van der Waals surface area contributed by atoms with Crippen LogP contribution in [0.1, 0.15) is 63.4 Å². The van der Waals surface area contributed by atoms with Gasteiger partial charge < -0.3 is 42.3 Å². The molecular formula is C33H45N5O9. The number of benzene rings is 2. The van der Waals surface area contributed by atoms with Gasteiger partial charge in [0, 0.05) is 25.3 Å². The zero-order chi connectivity index (χ0) is 34.3. The molecule has 0 spiro atoms. The van der Waals surface area contributed by atoms with Crippen molar-refractivity contribution in [3.05, 3.63) is 48.0 Å². The second kappa shape index (κ2) is 18.4. The number of unbranched alkanes of at least 4 members (excludes halogenated alkanes) is 1. The molecule has 14 heteroatoms. The zero-order valence-electron chi connectivity index (χ0n) is 26.3. The average molecular weight is 656 g/mol. The van der Waals surface area contributed by atoms with Crippen LogP contribution in [0.25, 0.3) is 10.8 Å². The van der Waals surface area contributed by atoms with Gasteiger partial charge in [0.05, 0.1) is 0 Å². The Balaban J connectivity index is 1.54. The number of urea groups is 1. The van der Waals surface area contributed by atoms with Gasteiger partial charge in [0.2, 0.25) is 11.8 Å². The van der Waals surface area contributed by atoms with Gasteiger partial charge in [0.25, 0.3) is 0 Å². The van der Waals surface area contributed by atoms with Gasteiger partial charge in [-0.1, -0.05) is 42.5 Å². The molecule has 14 nitrogen and oxygen atoms in total. The highest BCUT2D eigenvalue weighted by Crippen LogP contribution is 2.28. The van der Waals surface area contributed by atoms with Crippen molar-refractivity contribution in [1.82, 2.24) is 21.3 Å². The van der Waals surface area contributed by atoms with Gasteiger partial charge in [-0.25, -0.2) is 14.4 Å². The van der Waals surface area contributed by atoms with Gasteiger partial charge in [-0.3, -0.25) is 14.4 Å². The third-order valence-electron chi connectivity index (χ3n) is 8.51. The van der Waals surface area contributed by atoms with Gasteiger partial charge >= 0.3 is 23.9 Å². The number of amides is 4. The lowest BCUT2D eigenvalue weighted by Gasteiger charge is -2.28. The van der Waals surface area contributed by atoms with E-state index in [9.17, 15) is 39.0 Å². The smallest absolute Gasteiger partial charge is 0.326 e. The molecule has 0 unspecified atom stereocenters. The maximum Gasteiger partial charge on any atom is 0.326 e. The lowest BCUT2D eigenvalue weighted by molar-refractivity contribution is -0.141. The number of nitrogens with two attached hydrogens (primary N) is 1. The van der Waals surface area contributed by atoms with Crippen LogP contribution < -0.4 is 27.0 Å². The predicted octanol–water partition coefficient (Wildman–Crippen LogP) is 1.99. The van der Waals surface area contributed by atoms with E-state index in [0.29, 0.717) is 38.1 Å². The molecule has 0 radical (unpaired) electrons. The third-order valence-corrected chi connectivity index (χ3v) is 8.51. The van der Waals surface area contributed by atoms with E-state index in [2.05, 4.69) is 21.3 Å². The van der Waals surface area contributed by atoms with Crippen molar-refractivity contribution in [3.63, 3.8) is 0 Å². The fraction of sp³-hybridized carbons (Fsp3) is 0.515. The first kappa shape index (κ1) is 36.7. The van der Waals surface area contributed by atoms with Crippen LogP contribution in [0, 0.1) is 11.8 Å². The molecule has 1 saturated carbocycles. The molecule has 0 aromatic heterocycles. The van der Waals surface area contributed by atoms with Crippen LogP contribution in [0.3, 0.4) is 0 Å². The molecule has 1 aliphatic carbocycles. The summed E-state index contributed by atoms with van der Waals surface area (Å²) in [5, 5.41) is 39.7. The zero-order valence-corrected chi connectivity index (χ0v) is 26.3. The molecule has 2 aromatic carbocycles. The Kier molecular flexibility index (Phi) is 14.4. The monoisotopic (exact) mass is 655 g/mol. The lowest BCUT2D eigenvalue weighted by Crippen LogP contribution is -2.51. The van der Waals surface area contributed by atoms with Crippen LogP contribution in [-0.4, -0.2) is 82.3 Å². The maximum absolute atomic E-state index is 13.3. The number of carboxylic acids is 3. The van der Waals surface area contributed by atoms with E-state index in [1.807, 2.05) is 42.5 Å².